The molecule has 2 aliphatic rings. The second-order valence-electron chi connectivity index (χ2n) is 14.3. The highest BCUT2D eigenvalue weighted by molar-refractivity contribution is 7.79. The molecule has 3 aromatic rings. The first-order valence-electron chi connectivity index (χ1n) is 19.8. The Kier molecular flexibility index (Phi) is 17.1. The third kappa shape index (κ3) is 13.5. The van der Waals surface area contributed by atoms with Crippen molar-refractivity contribution in [1.29, 1.82) is 0 Å². The lowest BCUT2D eigenvalue weighted by Gasteiger charge is -2.48. The molecule has 18 nitrogen and oxygen atoms in total. The van der Waals surface area contributed by atoms with Gasteiger partial charge < -0.3 is 52.1 Å². The molecule has 19 heteroatoms. The molecule has 2 fully saturated rings. The number of ether oxygens (including phenoxy) is 11. The van der Waals surface area contributed by atoms with E-state index >= 15 is 0 Å². The van der Waals surface area contributed by atoms with Gasteiger partial charge in [-0.3, -0.25) is 33.6 Å². The van der Waals surface area contributed by atoms with Crippen LogP contribution in [-0.4, -0.2) is 116 Å². The fourth-order valence-corrected chi connectivity index (χ4v) is 9.26. The Balaban J connectivity index is 1.55. The quantitative estimate of drug-likeness (QED) is 0.114. The minimum absolute atomic E-state index is 0.253. The molecule has 0 spiro atoms. The summed E-state index contributed by atoms with van der Waals surface area (Å²) in [6.45, 7) is 6.45. The van der Waals surface area contributed by atoms with Gasteiger partial charge in [-0.2, -0.15) is 0 Å². The molecule has 63 heavy (non-hydrogen) atoms. The van der Waals surface area contributed by atoms with Crippen molar-refractivity contribution in [2.24, 2.45) is 0 Å². The topological polar surface area (TPSA) is 221 Å². The fraction of sp³-hybridized carbons (Fsp3) is 0.432. The average Bonchev–Trinajstić information content (AvgIpc) is 3.21. The van der Waals surface area contributed by atoms with Crippen LogP contribution in [0.5, 0.6) is 5.75 Å². The van der Waals surface area contributed by atoms with E-state index in [1.165, 1.54) is 0 Å². The van der Waals surface area contributed by atoms with E-state index in [-0.39, 0.29) is 5.75 Å². The van der Waals surface area contributed by atoms with E-state index in [0.717, 1.165) is 64.4 Å². The fourth-order valence-electron chi connectivity index (χ4n) is 6.98. The van der Waals surface area contributed by atoms with E-state index in [1.54, 1.807) is 12.1 Å². The first-order valence-corrected chi connectivity index (χ1v) is 21.1. The van der Waals surface area contributed by atoms with Crippen LogP contribution in [0.25, 0.3) is 0 Å². The first kappa shape index (κ1) is 48.1. The largest absolute Gasteiger partial charge is 0.463 e. The standard InChI is InChI=1S/C44H49O18P/c1-24(45)52-22-35-37(54-26(3)47)39(55-27(4)48)42(58-30(7)51)44(61-35)62-38-36(23-53-25(2)46)60-43(41(57-29(6)50)40(38)56-28(5)49)59-31-18-20-34(21-19-31)63(32-14-10-8-11-15-32)33-16-12-9-13-17-33/h8-21,35-44H,22-23H2,1-7H3/t35-,36-,37-,38-,39+,40+,41-,42-,43-,44+/m1/s1. The maximum Gasteiger partial charge on any atom is 0.303 e. The monoisotopic (exact) mass is 896 g/mol. The number of esters is 7. The SMILES string of the molecule is CC(=O)OC[C@H]1O[C@@H](O[C@H]2[C@H](OC(C)=O)[C@@H](OC(C)=O)[C@H](Oc3ccc(P(c4ccccc4)c4ccccc4)cc3)O[C@@H]2COC(C)=O)[C@H](OC(C)=O)[C@@H](OC(C)=O)[C@@H]1OC(C)=O. The molecule has 0 aromatic heterocycles. The summed E-state index contributed by atoms with van der Waals surface area (Å²) in [5.74, 6) is -5.62. The van der Waals surface area contributed by atoms with Gasteiger partial charge >= 0.3 is 41.8 Å². The van der Waals surface area contributed by atoms with Crippen LogP contribution >= 0.6 is 7.92 Å². The number of benzene rings is 3. The van der Waals surface area contributed by atoms with E-state index in [0.29, 0.717) is 0 Å². The number of carbonyl (C=O) groups is 7. The van der Waals surface area contributed by atoms with Crippen LogP contribution in [0.1, 0.15) is 48.5 Å². The maximum atomic E-state index is 12.8. The van der Waals surface area contributed by atoms with Gasteiger partial charge in [-0.1, -0.05) is 72.8 Å². The van der Waals surface area contributed by atoms with Crippen molar-refractivity contribution in [2.45, 2.75) is 110 Å². The highest BCUT2D eigenvalue weighted by Gasteiger charge is 2.58. The zero-order valence-corrected chi connectivity index (χ0v) is 36.5. The molecule has 338 valence electrons. The van der Waals surface area contributed by atoms with Crippen LogP contribution in [0.15, 0.2) is 84.9 Å². The molecule has 0 unspecified atom stereocenters. The molecule has 3 aromatic carbocycles. The Morgan fingerprint density at radius 2 is 0.794 bits per heavy atom. The van der Waals surface area contributed by atoms with E-state index < -0.39 is 124 Å². The van der Waals surface area contributed by atoms with Crippen molar-refractivity contribution in [2.75, 3.05) is 13.2 Å². The molecule has 2 aliphatic heterocycles. The molecule has 0 aliphatic carbocycles. The third-order valence-electron chi connectivity index (χ3n) is 9.26. The van der Waals surface area contributed by atoms with E-state index in [1.807, 2.05) is 48.5 Å². The van der Waals surface area contributed by atoms with Gasteiger partial charge in [0.25, 0.3) is 0 Å². The molecular formula is C44H49O18P. The summed E-state index contributed by atoms with van der Waals surface area (Å²) in [6.07, 6.45) is -15.9. The van der Waals surface area contributed by atoms with Crippen molar-refractivity contribution in [3.05, 3.63) is 84.9 Å². The molecule has 2 heterocycles. The van der Waals surface area contributed by atoms with Gasteiger partial charge in [0.05, 0.1) is 0 Å². The van der Waals surface area contributed by atoms with E-state index in [4.69, 9.17) is 52.1 Å². The second kappa shape index (κ2) is 22.4. The van der Waals surface area contributed by atoms with Gasteiger partial charge in [0.2, 0.25) is 12.4 Å². The van der Waals surface area contributed by atoms with Crippen molar-refractivity contribution < 1.29 is 85.7 Å². The Labute approximate surface area is 364 Å². The number of carbonyl (C=O) groups excluding carboxylic acids is 7. The molecular weight excluding hydrogens is 847 g/mol. The average molecular weight is 897 g/mol. The lowest BCUT2D eigenvalue weighted by Crippen LogP contribution is -2.67. The molecule has 10 atom stereocenters. The molecule has 0 saturated carbocycles. The van der Waals surface area contributed by atoms with Gasteiger partial charge in [-0.05, 0) is 36.0 Å². The molecule has 0 bridgehead atoms. The zero-order valence-electron chi connectivity index (χ0n) is 35.6. The summed E-state index contributed by atoms with van der Waals surface area (Å²) in [6, 6.07) is 27.2. The summed E-state index contributed by atoms with van der Waals surface area (Å²) < 4.78 is 63.8. The van der Waals surface area contributed by atoms with Crippen molar-refractivity contribution in [3.63, 3.8) is 0 Å². The number of rotatable bonds is 16. The molecule has 5 rings (SSSR count). The van der Waals surface area contributed by atoms with Gasteiger partial charge in [-0.15, -0.1) is 0 Å². The predicted molar refractivity (Wildman–Crippen MR) is 219 cm³/mol. The van der Waals surface area contributed by atoms with Crippen LogP contribution < -0.4 is 20.7 Å². The van der Waals surface area contributed by atoms with Crippen LogP contribution in [0.4, 0.5) is 0 Å². The van der Waals surface area contributed by atoms with Gasteiger partial charge in [-0.25, -0.2) is 0 Å². The van der Waals surface area contributed by atoms with E-state index in [9.17, 15) is 33.6 Å². The lowest BCUT2D eigenvalue weighted by molar-refractivity contribution is -0.354. The van der Waals surface area contributed by atoms with Gasteiger partial charge in [0.1, 0.15) is 37.3 Å². The minimum Gasteiger partial charge on any atom is -0.463 e. The Hall–Kier alpha value is -5.94. The molecule has 0 radical (unpaired) electrons. The van der Waals surface area contributed by atoms with Crippen LogP contribution in [0, 0.1) is 0 Å². The number of hydrogen-bond donors (Lipinski definition) is 0. The van der Waals surface area contributed by atoms with Crippen LogP contribution in [0.2, 0.25) is 0 Å². The molecule has 2 saturated heterocycles. The highest BCUT2D eigenvalue weighted by Crippen LogP contribution is 2.37. The van der Waals surface area contributed by atoms with Crippen molar-refractivity contribution >= 4 is 65.6 Å². The van der Waals surface area contributed by atoms with Gasteiger partial charge in [0.15, 0.2) is 30.7 Å². The van der Waals surface area contributed by atoms with Crippen molar-refractivity contribution in [1.82, 2.24) is 0 Å². The normalized spacial score (nSPS) is 25.4. The Morgan fingerprint density at radius 3 is 1.24 bits per heavy atom. The summed E-state index contributed by atoms with van der Waals surface area (Å²) in [7, 11) is -0.982. The van der Waals surface area contributed by atoms with Crippen LogP contribution in [0.3, 0.4) is 0 Å². The third-order valence-corrected chi connectivity index (χ3v) is 11.7. The number of hydrogen-bond acceptors (Lipinski definition) is 18. The second-order valence-corrected chi connectivity index (χ2v) is 16.5. The smallest absolute Gasteiger partial charge is 0.303 e. The highest BCUT2D eigenvalue weighted by atomic mass is 31.1. The summed E-state index contributed by atoms with van der Waals surface area (Å²) >= 11 is 0. The predicted octanol–water partition coefficient (Wildman–Crippen LogP) is 2.44. The van der Waals surface area contributed by atoms with Crippen molar-refractivity contribution in [3.8, 4) is 5.75 Å². The maximum absolute atomic E-state index is 12.8. The molecule has 0 amide bonds. The molecule has 0 N–H and O–H groups in total. The first-order chi connectivity index (χ1) is 30.0. The summed E-state index contributed by atoms with van der Waals surface area (Å²) in [5, 5.41) is 3.20. The minimum atomic E-state index is -1.82. The Bertz CT molecular complexity index is 2020. The summed E-state index contributed by atoms with van der Waals surface area (Å²) in [4.78, 5) is 87.1. The van der Waals surface area contributed by atoms with Crippen LogP contribution in [-0.2, 0) is 80.9 Å². The van der Waals surface area contributed by atoms with Gasteiger partial charge in [0, 0.05) is 48.5 Å². The zero-order chi connectivity index (χ0) is 45.8. The Morgan fingerprint density at radius 1 is 0.429 bits per heavy atom. The van der Waals surface area contributed by atoms with E-state index in [2.05, 4.69) is 24.3 Å². The lowest BCUT2D eigenvalue weighted by atomic mass is 9.96. The summed E-state index contributed by atoms with van der Waals surface area (Å²) in [5.41, 5.74) is 0.